The number of aromatic nitrogens is 4. The van der Waals surface area contributed by atoms with Crippen LogP contribution < -0.4 is 0 Å². The van der Waals surface area contributed by atoms with Crippen LogP contribution in [-0.2, 0) is 18.3 Å². The maximum atomic E-state index is 5.50. The minimum absolute atomic E-state index is 0.124. The molecule has 0 spiro atoms. The highest BCUT2D eigenvalue weighted by molar-refractivity contribution is 5.09. The number of likely N-dealkylation sites (tertiary alicyclic amines) is 1. The van der Waals surface area contributed by atoms with Gasteiger partial charge in [-0.25, -0.2) is 0 Å². The van der Waals surface area contributed by atoms with Crippen molar-refractivity contribution >= 4 is 0 Å². The van der Waals surface area contributed by atoms with Gasteiger partial charge in [0.05, 0.1) is 6.54 Å². The molecule has 0 unspecified atom stereocenters. The number of rotatable bonds is 6. The molecule has 0 bridgehead atoms. The Balaban J connectivity index is 1.61. The SMILES string of the molecule is CCO[C@H](C)c1noc(CN2CCC[C@H](c3ccnn3C)C2)n1. The van der Waals surface area contributed by atoms with E-state index in [-0.39, 0.29) is 6.10 Å². The minimum atomic E-state index is -0.124. The molecular formula is C16H25N5O2. The summed E-state index contributed by atoms with van der Waals surface area (Å²) in [5.74, 6) is 1.81. The smallest absolute Gasteiger partial charge is 0.240 e. The van der Waals surface area contributed by atoms with Gasteiger partial charge in [-0.2, -0.15) is 10.1 Å². The summed E-state index contributed by atoms with van der Waals surface area (Å²) in [6, 6.07) is 2.11. The molecule has 0 amide bonds. The fourth-order valence-electron chi connectivity index (χ4n) is 3.24. The third-order valence-corrected chi connectivity index (χ3v) is 4.41. The van der Waals surface area contributed by atoms with E-state index in [1.807, 2.05) is 31.8 Å². The lowest BCUT2D eigenvalue weighted by Gasteiger charge is -2.31. The van der Waals surface area contributed by atoms with Crippen LogP contribution in [0.3, 0.4) is 0 Å². The summed E-state index contributed by atoms with van der Waals surface area (Å²) in [6.07, 6.45) is 4.12. The maximum absolute atomic E-state index is 5.50. The minimum Gasteiger partial charge on any atom is -0.371 e. The third kappa shape index (κ3) is 3.79. The molecule has 1 saturated heterocycles. The van der Waals surface area contributed by atoms with Crippen molar-refractivity contribution in [3.63, 3.8) is 0 Å². The molecule has 0 aromatic carbocycles. The highest BCUT2D eigenvalue weighted by atomic mass is 16.5. The van der Waals surface area contributed by atoms with Gasteiger partial charge in [-0.05, 0) is 39.3 Å². The molecule has 0 radical (unpaired) electrons. The van der Waals surface area contributed by atoms with E-state index in [0.29, 0.717) is 30.8 Å². The zero-order chi connectivity index (χ0) is 16.2. The molecule has 7 nitrogen and oxygen atoms in total. The van der Waals surface area contributed by atoms with Crippen molar-refractivity contribution in [1.29, 1.82) is 0 Å². The summed E-state index contributed by atoms with van der Waals surface area (Å²) < 4.78 is 12.9. The van der Waals surface area contributed by atoms with Gasteiger partial charge in [0.25, 0.3) is 0 Å². The van der Waals surface area contributed by atoms with Gasteiger partial charge >= 0.3 is 0 Å². The van der Waals surface area contributed by atoms with Crippen LogP contribution in [0, 0.1) is 0 Å². The van der Waals surface area contributed by atoms with Gasteiger partial charge in [-0.15, -0.1) is 0 Å². The average Bonchev–Trinajstić information content (AvgIpc) is 3.17. The topological polar surface area (TPSA) is 69.2 Å². The van der Waals surface area contributed by atoms with Gasteiger partial charge in [0, 0.05) is 38.0 Å². The largest absolute Gasteiger partial charge is 0.371 e. The lowest BCUT2D eigenvalue weighted by atomic mass is 9.95. The molecule has 7 heteroatoms. The van der Waals surface area contributed by atoms with Crippen molar-refractivity contribution in [2.24, 2.45) is 7.05 Å². The van der Waals surface area contributed by atoms with Gasteiger partial charge < -0.3 is 9.26 Å². The summed E-state index contributed by atoms with van der Waals surface area (Å²) in [6.45, 7) is 7.30. The average molecular weight is 319 g/mol. The van der Waals surface area contributed by atoms with Gasteiger partial charge in [-0.3, -0.25) is 9.58 Å². The molecule has 3 heterocycles. The predicted molar refractivity (Wildman–Crippen MR) is 84.8 cm³/mol. The summed E-state index contributed by atoms with van der Waals surface area (Å²) >= 11 is 0. The van der Waals surface area contributed by atoms with E-state index >= 15 is 0 Å². The summed E-state index contributed by atoms with van der Waals surface area (Å²) in [4.78, 5) is 6.84. The number of hydrogen-bond acceptors (Lipinski definition) is 6. The van der Waals surface area contributed by atoms with E-state index in [2.05, 4.69) is 26.2 Å². The first-order chi connectivity index (χ1) is 11.2. The van der Waals surface area contributed by atoms with E-state index in [0.717, 1.165) is 13.1 Å². The zero-order valence-electron chi connectivity index (χ0n) is 14.1. The lowest BCUT2D eigenvalue weighted by Crippen LogP contribution is -2.34. The fraction of sp³-hybridized carbons (Fsp3) is 0.688. The number of nitrogens with zero attached hydrogens (tertiary/aromatic N) is 5. The molecular weight excluding hydrogens is 294 g/mol. The monoisotopic (exact) mass is 319 g/mol. The number of aryl methyl sites for hydroxylation is 1. The van der Waals surface area contributed by atoms with Crippen LogP contribution in [0.2, 0.25) is 0 Å². The van der Waals surface area contributed by atoms with Crippen molar-refractivity contribution in [2.75, 3.05) is 19.7 Å². The van der Waals surface area contributed by atoms with E-state index in [9.17, 15) is 0 Å². The maximum Gasteiger partial charge on any atom is 0.240 e. The standard InChI is InChI=1S/C16H25N5O2/c1-4-22-12(2)16-18-15(23-19-16)11-21-9-5-6-13(10-21)14-7-8-17-20(14)3/h7-8,12-13H,4-6,9-11H2,1-3H3/t12-,13+/m1/s1. The molecule has 23 heavy (non-hydrogen) atoms. The van der Waals surface area contributed by atoms with Gasteiger partial charge in [-0.1, -0.05) is 5.16 Å². The summed E-state index contributed by atoms with van der Waals surface area (Å²) in [5.41, 5.74) is 1.30. The zero-order valence-corrected chi connectivity index (χ0v) is 14.1. The van der Waals surface area contributed by atoms with Crippen molar-refractivity contribution in [2.45, 2.75) is 45.3 Å². The highest BCUT2D eigenvalue weighted by Crippen LogP contribution is 2.27. The van der Waals surface area contributed by atoms with Gasteiger partial charge in [0.2, 0.25) is 5.89 Å². The first kappa shape index (κ1) is 16.1. The van der Waals surface area contributed by atoms with Crippen molar-refractivity contribution in [3.8, 4) is 0 Å². The highest BCUT2D eigenvalue weighted by Gasteiger charge is 2.25. The molecule has 0 aliphatic carbocycles. The second kappa shape index (κ2) is 7.23. The molecule has 1 aliphatic heterocycles. The first-order valence-corrected chi connectivity index (χ1v) is 8.31. The van der Waals surface area contributed by atoms with Crippen LogP contribution in [-0.4, -0.2) is 44.5 Å². The van der Waals surface area contributed by atoms with Crippen molar-refractivity contribution in [1.82, 2.24) is 24.8 Å². The fourth-order valence-corrected chi connectivity index (χ4v) is 3.24. The number of hydrogen-bond donors (Lipinski definition) is 0. The normalized spacial score (nSPS) is 20.7. The molecule has 2 aromatic rings. The van der Waals surface area contributed by atoms with E-state index in [1.165, 1.54) is 18.5 Å². The summed E-state index contributed by atoms with van der Waals surface area (Å²) in [7, 11) is 2.01. The molecule has 2 aromatic heterocycles. The van der Waals surface area contributed by atoms with Gasteiger partial charge in [0.15, 0.2) is 5.82 Å². The van der Waals surface area contributed by atoms with E-state index in [1.54, 1.807) is 0 Å². The van der Waals surface area contributed by atoms with E-state index in [4.69, 9.17) is 9.26 Å². The Bertz CT molecular complexity index is 624. The number of ether oxygens (including phenoxy) is 1. The van der Waals surface area contributed by atoms with Crippen LogP contribution in [0.15, 0.2) is 16.8 Å². The lowest BCUT2D eigenvalue weighted by molar-refractivity contribution is 0.0683. The Morgan fingerprint density at radius 1 is 1.48 bits per heavy atom. The predicted octanol–water partition coefficient (Wildman–Crippen LogP) is 2.28. The van der Waals surface area contributed by atoms with E-state index < -0.39 is 0 Å². The Hall–Kier alpha value is -1.73. The molecule has 2 atom stereocenters. The number of piperidine rings is 1. The van der Waals surface area contributed by atoms with Crippen LogP contribution in [0.4, 0.5) is 0 Å². The third-order valence-electron chi connectivity index (χ3n) is 4.41. The first-order valence-electron chi connectivity index (χ1n) is 8.31. The molecule has 1 fully saturated rings. The molecule has 1 aliphatic rings. The second-order valence-electron chi connectivity index (χ2n) is 6.10. The Morgan fingerprint density at radius 2 is 2.35 bits per heavy atom. The van der Waals surface area contributed by atoms with Gasteiger partial charge in [0.1, 0.15) is 6.10 Å². The molecule has 126 valence electrons. The molecule has 3 rings (SSSR count). The van der Waals surface area contributed by atoms with Crippen molar-refractivity contribution in [3.05, 3.63) is 29.7 Å². The van der Waals surface area contributed by atoms with Crippen molar-refractivity contribution < 1.29 is 9.26 Å². The summed E-state index contributed by atoms with van der Waals surface area (Å²) in [5, 5.41) is 8.32. The second-order valence-corrected chi connectivity index (χ2v) is 6.10. The van der Waals surface area contributed by atoms with Crippen LogP contribution in [0.25, 0.3) is 0 Å². The van der Waals surface area contributed by atoms with Crippen LogP contribution in [0.1, 0.15) is 56.1 Å². The Kier molecular flexibility index (Phi) is 5.07. The molecule has 0 saturated carbocycles. The Labute approximate surface area is 136 Å². The Morgan fingerprint density at radius 3 is 3.09 bits per heavy atom. The quantitative estimate of drug-likeness (QED) is 0.813. The molecule has 0 N–H and O–H groups in total. The van der Waals surface area contributed by atoms with Crippen LogP contribution in [0.5, 0.6) is 0 Å². The van der Waals surface area contributed by atoms with Crippen LogP contribution >= 0.6 is 0 Å².